The van der Waals surface area contributed by atoms with Crippen LogP contribution in [0.15, 0.2) is 179 Å². The van der Waals surface area contributed by atoms with Crippen LogP contribution in [0.1, 0.15) is 24.6 Å². The van der Waals surface area contributed by atoms with Crippen molar-refractivity contribution in [2.24, 2.45) is 9.98 Å². The molecule has 1 aliphatic carbocycles. The van der Waals surface area contributed by atoms with E-state index in [0.29, 0.717) is 5.96 Å². The Labute approximate surface area is 289 Å². The van der Waals surface area contributed by atoms with E-state index in [-0.39, 0.29) is 6.17 Å². The van der Waals surface area contributed by atoms with Gasteiger partial charge in [0.15, 0.2) is 0 Å². The van der Waals surface area contributed by atoms with Gasteiger partial charge in [-0.1, -0.05) is 115 Å². The zero-order valence-corrected chi connectivity index (χ0v) is 27.4. The van der Waals surface area contributed by atoms with Gasteiger partial charge < -0.3 is 9.88 Å². The number of benzene rings is 6. The van der Waals surface area contributed by atoms with Crippen LogP contribution >= 0.6 is 0 Å². The Morgan fingerprint density at radius 1 is 0.560 bits per heavy atom. The van der Waals surface area contributed by atoms with E-state index in [9.17, 15) is 0 Å². The van der Waals surface area contributed by atoms with Crippen molar-refractivity contribution in [3.05, 3.63) is 175 Å². The number of nitrogens with one attached hydrogen (secondary N) is 1. The molecule has 50 heavy (non-hydrogen) atoms. The molecule has 0 saturated carbocycles. The lowest BCUT2D eigenvalue weighted by Crippen LogP contribution is -2.35. The van der Waals surface area contributed by atoms with Gasteiger partial charge in [-0.2, -0.15) is 4.99 Å². The predicted molar refractivity (Wildman–Crippen MR) is 208 cm³/mol. The molecule has 5 nitrogen and oxygen atoms in total. The van der Waals surface area contributed by atoms with Gasteiger partial charge in [0.05, 0.1) is 22.1 Å². The molecule has 238 valence electrons. The maximum atomic E-state index is 5.24. The number of allylic oxidation sites excluding steroid dienone is 3. The first-order chi connectivity index (χ1) is 24.8. The molecule has 1 aliphatic heterocycles. The molecule has 0 amide bonds. The fourth-order valence-corrected chi connectivity index (χ4v) is 7.68. The number of amidine groups is 1. The van der Waals surface area contributed by atoms with E-state index in [1.54, 1.807) is 0 Å². The Morgan fingerprint density at radius 3 is 1.80 bits per heavy atom. The van der Waals surface area contributed by atoms with E-state index in [2.05, 4.69) is 172 Å². The van der Waals surface area contributed by atoms with Crippen molar-refractivity contribution < 1.29 is 0 Å². The number of hydrogen-bond acceptors (Lipinski definition) is 3. The van der Waals surface area contributed by atoms with Crippen LogP contribution < -0.4 is 5.32 Å². The lowest BCUT2D eigenvalue weighted by molar-refractivity contribution is 0.665. The van der Waals surface area contributed by atoms with Crippen LogP contribution in [0, 0.1) is 0 Å². The van der Waals surface area contributed by atoms with Gasteiger partial charge in [-0.3, -0.25) is 4.57 Å². The number of aromatic nitrogens is 2. The second-order valence-corrected chi connectivity index (χ2v) is 13.0. The molecule has 3 heterocycles. The molecule has 1 N–H and O–H groups in total. The highest BCUT2D eigenvalue weighted by Gasteiger charge is 2.25. The summed E-state index contributed by atoms with van der Waals surface area (Å²) in [4.78, 5) is 10.5. The van der Waals surface area contributed by atoms with Crippen molar-refractivity contribution in [3.63, 3.8) is 0 Å². The largest absolute Gasteiger partial charge is 0.344 e. The monoisotopic (exact) mass is 643 g/mol. The van der Waals surface area contributed by atoms with Crippen LogP contribution in [0.5, 0.6) is 0 Å². The number of rotatable bonds is 4. The summed E-state index contributed by atoms with van der Waals surface area (Å²) in [5.41, 5.74) is 10.4. The second kappa shape index (κ2) is 11.6. The highest BCUT2D eigenvalue weighted by atomic mass is 15.3. The molecule has 0 spiro atoms. The van der Waals surface area contributed by atoms with Crippen molar-refractivity contribution in [2.75, 3.05) is 0 Å². The Hall–Kier alpha value is -6.46. The van der Waals surface area contributed by atoms with E-state index < -0.39 is 0 Å². The third-order valence-corrected chi connectivity index (χ3v) is 10.1. The maximum absolute atomic E-state index is 5.24. The average Bonchev–Trinajstić information content (AvgIpc) is 3.71. The third kappa shape index (κ3) is 4.62. The first-order valence-corrected chi connectivity index (χ1v) is 17.3. The topological polar surface area (TPSA) is 46.6 Å². The van der Waals surface area contributed by atoms with Crippen LogP contribution in [-0.4, -0.2) is 20.9 Å². The van der Waals surface area contributed by atoms with Crippen molar-refractivity contribution in [1.29, 1.82) is 0 Å². The predicted octanol–water partition coefficient (Wildman–Crippen LogP) is 10.7. The van der Waals surface area contributed by atoms with Gasteiger partial charge in [0.2, 0.25) is 5.96 Å². The van der Waals surface area contributed by atoms with Crippen molar-refractivity contribution in [3.8, 4) is 16.8 Å². The minimum atomic E-state index is -0.245. The standard InChI is InChI=1S/C45H33N5/c1-4-14-30(15-5-1)43-46-44(31-16-6-2-7-17-31)48-45(47-43)50-40-23-13-11-21-36(40)38-29-33(25-27-42(38)50)32-24-26-41-37(28-32)35-20-10-12-22-39(35)49(41)34-18-8-3-9-19-34/h1-6,8-16,18-29,43H,7,17H2,(H,46,47,48). The minimum Gasteiger partial charge on any atom is -0.344 e. The maximum Gasteiger partial charge on any atom is 0.234 e. The molecule has 1 atom stereocenters. The molecule has 5 heteroatoms. The Kier molecular flexibility index (Phi) is 6.62. The fraction of sp³-hybridized carbons (Fsp3) is 0.0667. The summed E-state index contributed by atoms with van der Waals surface area (Å²) in [6, 6.07) is 52.1. The second-order valence-electron chi connectivity index (χ2n) is 13.0. The first-order valence-electron chi connectivity index (χ1n) is 17.3. The van der Waals surface area contributed by atoms with Crippen LogP contribution in [0.25, 0.3) is 60.4 Å². The number of hydrogen-bond donors (Lipinski definition) is 1. The molecule has 2 aromatic heterocycles. The Bertz CT molecular complexity index is 2720. The molecule has 0 fully saturated rings. The average molecular weight is 644 g/mol. The lowest BCUT2D eigenvalue weighted by Gasteiger charge is -2.25. The van der Waals surface area contributed by atoms with Crippen molar-refractivity contribution in [2.45, 2.75) is 19.0 Å². The van der Waals surface area contributed by atoms with Gasteiger partial charge in [-0.15, -0.1) is 0 Å². The van der Waals surface area contributed by atoms with Crippen molar-refractivity contribution in [1.82, 2.24) is 14.5 Å². The summed E-state index contributed by atoms with van der Waals surface area (Å²) in [5, 5.41) is 8.50. The fourth-order valence-electron chi connectivity index (χ4n) is 7.68. The molecule has 8 aromatic rings. The van der Waals surface area contributed by atoms with Crippen LogP contribution in [0.3, 0.4) is 0 Å². The number of para-hydroxylation sites is 3. The highest BCUT2D eigenvalue weighted by Crippen LogP contribution is 2.38. The summed E-state index contributed by atoms with van der Waals surface area (Å²) >= 11 is 0. The third-order valence-electron chi connectivity index (χ3n) is 10.1. The molecule has 0 bridgehead atoms. The number of nitrogens with zero attached hydrogens (tertiary/aromatic N) is 4. The number of fused-ring (bicyclic) bond motifs is 6. The smallest absolute Gasteiger partial charge is 0.234 e. The van der Waals surface area contributed by atoms with E-state index in [1.807, 2.05) is 6.07 Å². The summed E-state index contributed by atoms with van der Waals surface area (Å²) in [5.74, 6) is 1.58. The summed E-state index contributed by atoms with van der Waals surface area (Å²) < 4.78 is 4.60. The number of aliphatic imine (C=N–C) groups is 2. The van der Waals surface area contributed by atoms with Crippen molar-refractivity contribution >= 4 is 55.4 Å². The van der Waals surface area contributed by atoms with Gasteiger partial charge in [0.1, 0.15) is 12.0 Å². The summed E-state index contributed by atoms with van der Waals surface area (Å²) in [6.45, 7) is 0. The molecule has 1 unspecified atom stereocenters. The summed E-state index contributed by atoms with van der Waals surface area (Å²) in [6.07, 6.45) is 8.22. The quantitative estimate of drug-likeness (QED) is 0.204. The first kappa shape index (κ1) is 28.5. The molecule has 0 saturated heterocycles. The van der Waals surface area contributed by atoms with Gasteiger partial charge in [0.25, 0.3) is 0 Å². The van der Waals surface area contributed by atoms with Gasteiger partial charge >= 0.3 is 0 Å². The van der Waals surface area contributed by atoms with E-state index >= 15 is 0 Å². The lowest BCUT2D eigenvalue weighted by atomic mass is 10.0. The minimum absolute atomic E-state index is 0.245. The zero-order chi connectivity index (χ0) is 33.0. The van der Waals surface area contributed by atoms with Crippen LogP contribution in [0.4, 0.5) is 0 Å². The Balaban J connectivity index is 1.14. The normalized spacial score (nSPS) is 16.1. The molecular formula is C45H33N5. The van der Waals surface area contributed by atoms with E-state index in [4.69, 9.17) is 9.98 Å². The SMILES string of the molecule is C1=CCCC(C2=NC(n3c4ccccc4c4cc(-c5ccc6c(c5)c5ccccc5n6-c5ccccc5)ccc43)=NC(c3ccccc3)N2)=C1. The Morgan fingerprint density at radius 2 is 1.14 bits per heavy atom. The van der Waals surface area contributed by atoms with Gasteiger partial charge in [-0.25, -0.2) is 4.99 Å². The highest BCUT2D eigenvalue weighted by molar-refractivity contribution is 6.18. The van der Waals surface area contributed by atoms with E-state index in [0.717, 1.165) is 41.0 Å². The van der Waals surface area contributed by atoms with Gasteiger partial charge in [-0.05, 0) is 83.6 Å². The van der Waals surface area contributed by atoms with Gasteiger partial charge in [0, 0.05) is 27.2 Å². The van der Waals surface area contributed by atoms with Crippen LogP contribution in [0.2, 0.25) is 0 Å². The molecule has 2 aliphatic rings. The molecular weight excluding hydrogens is 611 g/mol. The molecule has 0 radical (unpaired) electrons. The molecule has 10 rings (SSSR count). The zero-order valence-electron chi connectivity index (χ0n) is 27.4. The molecule has 6 aromatic carbocycles. The summed E-state index contributed by atoms with van der Waals surface area (Å²) in [7, 11) is 0. The van der Waals surface area contributed by atoms with E-state index in [1.165, 1.54) is 49.3 Å². The van der Waals surface area contributed by atoms with Crippen LogP contribution in [-0.2, 0) is 0 Å².